The quantitative estimate of drug-likeness (QED) is 0.144. The predicted octanol–water partition coefficient (Wildman–Crippen LogP) is 5.57. The highest BCUT2D eigenvalue weighted by molar-refractivity contribution is 6.31. The molecule has 0 aliphatic rings. The van der Waals surface area contributed by atoms with Gasteiger partial charge in [0.15, 0.2) is 0 Å². The van der Waals surface area contributed by atoms with Gasteiger partial charge < -0.3 is 19.1 Å². The molecule has 0 unspecified atom stereocenters. The van der Waals surface area contributed by atoms with Gasteiger partial charge in [-0.05, 0) is 49.1 Å². The molecular formula is C30H37ClN4O5. The topological polar surface area (TPSA) is 97.9 Å². The van der Waals surface area contributed by atoms with Gasteiger partial charge in [0.05, 0.1) is 11.5 Å². The largest absolute Gasteiger partial charge is 0.385 e. The zero-order valence-electron chi connectivity index (χ0n) is 23.5. The maximum atomic E-state index is 13.7. The molecule has 2 aromatic carbocycles. The van der Waals surface area contributed by atoms with Gasteiger partial charge in [-0.3, -0.25) is 19.7 Å². The van der Waals surface area contributed by atoms with E-state index in [0.717, 1.165) is 11.3 Å². The molecule has 10 heteroatoms. The van der Waals surface area contributed by atoms with Crippen molar-refractivity contribution >= 4 is 29.1 Å². The average Bonchev–Trinajstić information content (AvgIpc) is 3.34. The first-order valence-corrected chi connectivity index (χ1v) is 13.7. The molecule has 0 spiro atoms. The van der Waals surface area contributed by atoms with Crippen LogP contribution in [0.1, 0.15) is 47.4 Å². The monoisotopic (exact) mass is 568 g/mol. The lowest BCUT2D eigenvalue weighted by molar-refractivity contribution is -0.385. The minimum atomic E-state index is -0.505. The number of amides is 2. The number of carbonyl (C=O) groups excluding carboxylic acids is 2. The number of hydrogen-bond acceptors (Lipinski definition) is 5. The molecule has 0 radical (unpaired) electrons. The maximum Gasteiger partial charge on any atom is 0.273 e. The number of nitrogens with zero attached hydrogens (tertiary/aromatic N) is 4. The molecule has 1 heterocycles. The van der Waals surface area contributed by atoms with Crippen molar-refractivity contribution in [2.24, 2.45) is 5.92 Å². The third kappa shape index (κ3) is 8.40. The summed E-state index contributed by atoms with van der Waals surface area (Å²) in [5.74, 6) is -0.431. The van der Waals surface area contributed by atoms with E-state index in [-0.39, 0.29) is 36.2 Å². The van der Waals surface area contributed by atoms with Gasteiger partial charge in [0.2, 0.25) is 5.91 Å². The minimum Gasteiger partial charge on any atom is -0.385 e. The number of aromatic nitrogens is 1. The van der Waals surface area contributed by atoms with E-state index >= 15 is 0 Å². The molecule has 0 N–H and O–H groups in total. The second-order valence-corrected chi connectivity index (χ2v) is 10.6. The summed E-state index contributed by atoms with van der Waals surface area (Å²) in [5, 5.41) is 12.1. The molecule has 0 saturated carbocycles. The highest BCUT2D eigenvalue weighted by atomic mass is 35.5. The lowest BCUT2D eigenvalue weighted by Crippen LogP contribution is -2.44. The van der Waals surface area contributed by atoms with E-state index in [0.29, 0.717) is 43.2 Å². The second kappa shape index (κ2) is 14.6. The van der Waals surface area contributed by atoms with Crippen molar-refractivity contribution in [3.8, 4) is 0 Å². The Kier molecular flexibility index (Phi) is 11.3. The van der Waals surface area contributed by atoms with Crippen LogP contribution in [0.3, 0.4) is 0 Å². The zero-order valence-corrected chi connectivity index (χ0v) is 24.3. The van der Waals surface area contributed by atoms with Crippen molar-refractivity contribution in [1.82, 2.24) is 14.4 Å². The number of nitro benzene ring substituents is 1. The van der Waals surface area contributed by atoms with E-state index in [2.05, 4.69) is 4.57 Å². The number of nitro groups is 1. The van der Waals surface area contributed by atoms with E-state index in [1.54, 1.807) is 31.1 Å². The first-order chi connectivity index (χ1) is 19.1. The van der Waals surface area contributed by atoms with Crippen LogP contribution in [0.25, 0.3) is 0 Å². The van der Waals surface area contributed by atoms with Crippen molar-refractivity contribution in [1.29, 1.82) is 0 Å². The van der Waals surface area contributed by atoms with Crippen molar-refractivity contribution in [2.75, 3.05) is 33.4 Å². The van der Waals surface area contributed by atoms with Gasteiger partial charge in [-0.2, -0.15) is 0 Å². The first-order valence-electron chi connectivity index (χ1n) is 13.3. The first kappa shape index (κ1) is 30.8. The average molecular weight is 569 g/mol. The van der Waals surface area contributed by atoms with Crippen molar-refractivity contribution in [3.63, 3.8) is 0 Å². The van der Waals surface area contributed by atoms with Crippen LogP contribution in [0.5, 0.6) is 0 Å². The van der Waals surface area contributed by atoms with Gasteiger partial charge >= 0.3 is 0 Å². The number of aryl methyl sites for hydroxylation is 1. The van der Waals surface area contributed by atoms with Gasteiger partial charge in [0.1, 0.15) is 6.54 Å². The Hall–Kier alpha value is -3.69. The molecule has 1 aromatic heterocycles. The lowest BCUT2D eigenvalue weighted by atomic mass is 10.1. The molecule has 3 rings (SSSR count). The fourth-order valence-electron chi connectivity index (χ4n) is 4.49. The molecule has 0 bridgehead atoms. The van der Waals surface area contributed by atoms with Crippen LogP contribution < -0.4 is 0 Å². The van der Waals surface area contributed by atoms with Gasteiger partial charge in [-0.15, -0.1) is 0 Å². The molecule has 40 heavy (non-hydrogen) atoms. The third-order valence-corrected chi connectivity index (χ3v) is 6.92. The van der Waals surface area contributed by atoms with Crippen molar-refractivity contribution in [2.45, 2.75) is 40.3 Å². The number of halogens is 1. The van der Waals surface area contributed by atoms with Gasteiger partial charge in [-0.1, -0.05) is 49.7 Å². The van der Waals surface area contributed by atoms with Crippen LogP contribution in [0, 0.1) is 23.0 Å². The number of hydrogen-bond donors (Lipinski definition) is 0. The summed E-state index contributed by atoms with van der Waals surface area (Å²) < 4.78 is 7.22. The van der Waals surface area contributed by atoms with Crippen LogP contribution in [-0.2, 0) is 22.6 Å². The van der Waals surface area contributed by atoms with Gasteiger partial charge in [0, 0.05) is 67.5 Å². The summed E-state index contributed by atoms with van der Waals surface area (Å²) in [6.07, 6.45) is 2.48. The van der Waals surface area contributed by atoms with E-state index in [1.165, 1.54) is 11.0 Å². The van der Waals surface area contributed by atoms with Crippen molar-refractivity contribution in [3.05, 3.63) is 98.3 Å². The van der Waals surface area contributed by atoms with Gasteiger partial charge in [-0.25, -0.2) is 0 Å². The zero-order chi connectivity index (χ0) is 29.2. The SMILES string of the molecule is COCCCN(CC(=O)N(Cc1cccn1Cc1ccccc1Cl)CC(C)C)C(=O)c1ccc(C)c([N+](=O)[O-])c1. The Bertz CT molecular complexity index is 1320. The Morgan fingerprint density at radius 2 is 1.85 bits per heavy atom. The molecule has 2 amide bonds. The third-order valence-electron chi connectivity index (χ3n) is 6.56. The minimum absolute atomic E-state index is 0.130. The summed E-state index contributed by atoms with van der Waals surface area (Å²) in [6, 6.07) is 16.0. The molecular weight excluding hydrogens is 532 g/mol. The molecule has 9 nitrogen and oxygen atoms in total. The van der Waals surface area contributed by atoms with Crippen molar-refractivity contribution < 1.29 is 19.2 Å². The molecule has 3 aromatic rings. The van der Waals surface area contributed by atoms with Crippen LogP contribution in [0.15, 0.2) is 60.8 Å². The van der Waals surface area contributed by atoms with Crippen LogP contribution in [-0.4, -0.2) is 64.5 Å². The number of rotatable bonds is 14. The smallest absolute Gasteiger partial charge is 0.273 e. The van der Waals surface area contributed by atoms with E-state index in [9.17, 15) is 19.7 Å². The molecule has 0 atom stereocenters. The van der Waals surface area contributed by atoms with Gasteiger partial charge in [0.25, 0.3) is 11.6 Å². The summed E-state index contributed by atoms with van der Waals surface area (Å²) >= 11 is 6.38. The van der Waals surface area contributed by atoms with E-state index in [4.69, 9.17) is 16.3 Å². The number of methoxy groups -OCH3 is 1. The normalized spacial score (nSPS) is 11.1. The molecule has 214 valence electrons. The fourth-order valence-corrected chi connectivity index (χ4v) is 4.68. The number of carbonyl (C=O) groups is 2. The summed E-state index contributed by atoms with van der Waals surface area (Å²) in [4.78, 5) is 41.3. The Balaban J connectivity index is 1.83. The maximum absolute atomic E-state index is 13.7. The summed E-state index contributed by atoms with van der Waals surface area (Å²) in [5.41, 5.74) is 2.43. The highest BCUT2D eigenvalue weighted by Crippen LogP contribution is 2.21. The van der Waals surface area contributed by atoms with E-state index < -0.39 is 10.8 Å². The molecule has 0 saturated heterocycles. The fraction of sp³-hybridized carbons (Fsp3) is 0.400. The van der Waals surface area contributed by atoms with Crippen LogP contribution in [0.4, 0.5) is 5.69 Å². The Morgan fingerprint density at radius 3 is 2.52 bits per heavy atom. The number of ether oxygens (including phenoxy) is 1. The lowest BCUT2D eigenvalue weighted by Gasteiger charge is -2.29. The summed E-state index contributed by atoms with van der Waals surface area (Å²) in [7, 11) is 1.57. The predicted molar refractivity (Wildman–Crippen MR) is 155 cm³/mol. The Labute approximate surface area is 240 Å². The standard InChI is InChI=1S/C30H37ClN4O5/c1-22(2)18-34(20-26-10-7-14-32(26)19-25-9-5-6-11-27(25)31)29(36)21-33(15-8-16-40-4)30(37)24-13-12-23(3)28(17-24)35(38)39/h5-7,9-14,17,22H,8,15-16,18-21H2,1-4H3. The highest BCUT2D eigenvalue weighted by Gasteiger charge is 2.25. The summed E-state index contributed by atoms with van der Waals surface area (Å²) in [6.45, 7) is 7.68. The molecule has 0 fully saturated rings. The van der Waals surface area contributed by atoms with Crippen LogP contribution in [0.2, 0.25) is 5.02 Å². The van der Waals surface area contributed by atoms with E-state index in [1.807, 2.05) is 56.4 Å². The Morgan fingerprint density at radius 1 is 1.10 bits per heavy atom. The molecule has 0 aliphatic heterocycles. The second-order valence-electron chi connectivity index (χ2n) is 10.2. The number of benzene rings is 2. The van der Waals surface area contributed by atoms with Crippen LogP contribution >= 0.6 is 11.6 Å². The molecule has 0 aliphatic carbocycles.